The molecule has 0 amide bonds. The third-order valence-electron chi connectivity index (χ3n) is 3.44. The van der Waals surface area contributed by atoms with Crippen LogP contribution >= 0.6 is 0 Å². The molecule has 1 aliphatic rings. The third-order valence-corrected chi connectivity index (χ3v) is 3.44. The van der Waals surface area contributed by atoms with Crippen molar-refractivity contribution in [2.24, 2.45) is 12.8 Å². The molecular weight excluding hydrogens is 240 g/mol. The minimum atomic E-state index is 0.423. The van der Waals surface area contributed by atoms with Crippen molar-refractivity contribution in [3.05, 3.63) is 29.2 Å². The highest BCUT2D eigenvalue weighted by molar-refractivity contribution is 5.65. The van der Waals surface area contributed by atoms with E-state index in [-0.39, 0.29) is 0 Å². The molecule has 3 rings (SSSR count). The fourth-order valence-corrected chi connectivity index (χ4v) is 2.57. The highest BCUT2D eigenvalue weighted by Gasteiger charge is 2.23. The topological polar surface area (TPSA) is 72.9 Å². The number of hydrogen-bond donors (Lipinski definition) is 1. The van der Waals surface area contributed by atoms with E-state index in [9.17, 15) is 0 Å². The summed E-state index contributed by atoms with van der Waals surface area (Å²) >= 11 is 0. The van der Waals surface area contributed by atoms with Crippen molar-refractivity contribution in [1.82, 2.24) is 20.0 Å². The van der Waals surface area contributed by atoms with Crippen LogP contribution in [0.4, 0.5) is 11.5 Å². The molecule has 0 fully saturated rings. The predicted molar refractivity (Wildman–Crippen MR) is 73.2 cm³/mol. The fourth-order valence-electron chi connectivity index (χ4n) is 2.57. The zero-order valence-corrected chi connectivity index (χ0v) is 11.3. The van der Waals surface area contributed by atoms with Crippen molar-refractivity contribution >= 4 is 11.5 Å². The lowest BCUT2D eigenvalue weighted by molar-refractivity contribution is 0.704. The molecule has 0 aromatic carbocycles. The summed E-state index contributed by atoms with van der Waals surface area (Å²) in [6, 6.07) is 2.01. The van der Waals surface area contributed by atoms with E-state index in [2.05, 4.69) is 20.2 Å². The Balaban J connectivity index is 2.03. The van der Waals surface area contributed by atoms with Crippen LogP contribution in [0.3, 0.4) is 0 Å². The maximum atomic E-state index is 5.60. The van der Waals surface area contributed by atoms with Gasteiger partial charge in [0.15, 0.2) is 5.82 Å². The molecule has 0 saturated heterocycles. The summed E-state index contributed by atoms with van der Waals surface area (Å²) in [5, 5.41) is 13.0. The monoisotopic (exact) mass is 258 g/mol. The van der Waals surface area contributed by atoms with Crippen LogP contribution in [-0.4, -0.2) is 26.5 Å². The molecule has 6 nitrogen and oxygen atoms in total. The lowest BCUT2D eigenvalue weighted by Crippen LogP contribution is -2.26. The average Bonchev–Trinajstić information content (AvgIpc) is 2.78. The summed E-state index contributed by atoms with van der Waals surface area (Å²) in [7, 11) is 1.95. The van der Waals surface area contributed by atoms with E-state index >= 15 is 0 Å². The van der Waals surface area contributed by atoms with Gasteiger partial charge in [0.2, 0.25) is 0 Å². The molecule has 0 saturated carbocycles. The van der Waals surface area contributed by atoms with Crippen molar-refractivity contribution in [3.8, 4) is 0 Å². The van der Waals surface area contributed by atoms with Crippen LogP contribution in [0.5, 0.6) is 0 Å². The highest BCUT2D eigenvalue weighted by atomic mass is 15.3. The lowest BCUT2D eigenvalue weighted by Gasteiger charge is -2.27. The predicted octanol–water partition coefficient (Wildman–Crippen LogP) is 1.06. The lowest BCUT2D eigenvalue weighted by atomic mass is 10.1. The Morgan fingerprint density at radius 1 is 1.37 bits per heavy atom. The third kappa shape index (κ3) is 2.08. The summed E-state index contributed by atoms with van der Waals surface area (Å²) in [6.45, 7) is 3.43. The van der Waals surface area contributed by atoms with Gasteiger partial charge in [0.1, 0.15) is 0 Å². The largest absolute Gasteiger partial charge is 0.325 e. The molecule has 0 atom stereocenters. The number of fused-ring (bicyclic) bond motifs is 1. The summed E-state index contributed by atoms with van der Waals surface area (Å²) in [6.07, 6.45) is 4.16. The van der Waals surface area contributed by atoms with Gasteiger partial charge in [-0.1, -0.05) is 0 Å². The number of hydrogen-bond acceptors (Lipinski definition) is 5. The van der Waals surface area contributed by atoms with Gasteiger partial charge in [0, 0.05) is 26.3 Å². The molecule has 3 heterocycles. The van der Waals surface area contributed by atoms with Crippen molar-refractivity contribution in [1.29, 1.82) is 0 Å². The molecule has 0 unspecified atom stereocenters. The second kappa shape index (κ2) is 4.62. The number of aryl methyl sites for hydroxylation is 3. The van der Waals surface area contributed by atoms with Gasteiger partial charge < -0.3 is 10.6 Å². The number of anilines is 2. The Morgan fingerprint density at radius 2 is 2.21 bits per heavy atom. The Labute approximate surface area is 112 Å². The number of rotatable bonds is 2. The first kappa shape index (κ1) is 12.1. The number of aromatic nitrogens is 4. The zero-order chi connectivity index (χ0) is 13.4. The van der Waals surface area contributed by atoms with Crippen LogP contribution in [0.2, 0.25) is 0 Å². The molecule has 2 aromatic heterocycles. The molecule has 19 heavy (non-hydrogen) atoms. The number of nitrogens with zero attached hydrogens (tertiary/aromatic N) is 5. The Bertz CT molecular complexity index is 603. The molecule has 6 heteroatoms. The van der Waals surface area contributed by atoms with Crippen LogP contribution in [0.25, 0.3) is 0 Å². The minimum Gasteiger partial charge on any atom is -0.325 e. The van der Waals surface area contributed by atoms with Crippen molar-refractivity contribution < 1.29 is 0 Å². The molecule has 2 N–H and O–H groups in total. The van der Waals surface area contributed by atoms with E-state index in [1.807, 2.05) is 30.9 Å². The van der Waals surface area contributed by atoms with Crippen molar-refractivity contribution in [2.45, 2.75) is 26.3 Å². The quantitative estimate of drug-likeness (QED) is 0.872. The molecule has 2 aromatic rings. The van der Waals surface area contributed by atoms with E-state index in [0.717, 1.165) is 47.8 Å². The second-order valence-corrected chi connectivity index (χ2v) is 4.94. The first-order chi connectivity index (χ1) is 9.19. The zero-order valence-electron chi connectivity index (χ0n) is 11.3. The minimum absolute atomic E-state index is 0.423. The maximum Gasteiger partial charge on any atom is 0.158 e. The fraction of sp³-hybridized carbons (Fsp3) is 0.462. The van der Waals surface area contributed by atoms with Gasteiger partial charge in [-0.25, -0.2) is 0 Å². The molecular formula is C13H18N6. The molecule has 0 radical (unpaired) electrons. The summed E-state index contributed by atoms with van der Waals surface area (Å²) in [4.78, 5) is 2.20. The summed E-state index contributed by atoms with van der Waals surface area (Å²) in [5.41, 5.74) is 9.81. The smallest absolute Gasteiger partial charge is 0.158 e. The van der Waals surface area contributed by atoms with Crippen LogP contribution in [0, 0.1) is 6.92 Å². The Hall–Kier alpha value is -1.95. The van der Waals surface area contributed by atoms with Crippen LogP contribution in [0.1, 0.15) is 23.4 Å². The summed E-state index contributed by atoms with van der Waals surface area (Å²) in [5.74, 6) is 0.908. The average molecular weight is 258 g/mol. The van der Waals surface area contributed by atoms with Gasteiger partial charge in [-0.2, -0.15) is 10.2 Å². The SMILES string of the molecule is Cc1cc(CN)nnc1N1CCCc2nn(C)cc21. The summed E-state index contributed by atoms with van der Waals surface area (Å²) < 4.78 is 1.86. The number of nitrogens with two attached hydrogens (primary N) is 1. The first-order valence-electron chi connectivity index (χ1n) is 6.52. The van der Waals surface area contributed by atoms with E-state index in [0.29, 0.717) is 6.54 Å². The van der Waals surface area contributed by atoms with Crippen LogP contribution in [0.15, 0.2) is 12.3 Å². The molecule has 0 bridgehead atoms. The molecule has 100 valence electrons. The van der Waals surface area contributed by atoms with E-state index in [1.54, 1.807) is 0 Å². The van der Waals surface area contributed by atoms with Crippen molar-refractivity contribution in [2.75, 3.05) is 11.4 Å². The highest BCUT2D eigenvalue weighted by Crippen LogP contribution is 2.32. The van der Waals surface area contributed by atoms with Gasteiger partial charge >= 0.3 is 0 Å². The van der Waals surface area contributed by atoms with Gasteiger partial charge in [0.05, 0.1) is 17.1 Å². The molecule has 0 spiro atoms. The van der Waals surface area contributed by atoms with E-state index in [4.69, 9.17) is 5.73 Å². The van der Waals surface area contributed by atoms with E-state index < -0.39 is 0 Å². The standard InChI is InChI=1S/C13H18N6/c1-9-6-10(7-14)15-16-13(9)19-5-3-4-11-12(19)8-18(2)17-11/h6,8H,3-5,7,14H2,1-2H3. The van der Waals surface area contributed by atoms with Crippen molar-refractivity contribution in [3.63, 3.8) is 0 Å². The molecule has 0 aliphatic carbocycles. The maximum absolute atomic E-state index is 5.60. The van der Waals surface area contributed by atoms with Gasteiger partial charge in [-0.15, -0.1) is 5.10 Å². The first-order valence-corrected chi connectivity index (χ1v) is 6.52. The normalized spacial score (nSPS) is 14.6. The Morgan fingerprint density at radius 3 is 2.95 bits per heavy atom. The second-order valence-electron chi connectivity index (χ2n) is 4.94. The van der Waals surface area contributed by atoms with Gasteiger partial charge in [-0.3, -0.25) is 4.68 Å². The van der Waals surface area contributed by atoms with Crippen LogP contribution < -0.4 is 10.6 Å². The van der Waals surface area contributed by atoms with E-state index in [1.165, 1.54) is 0 Å². The Kier molecular flexibility index (Phi) is 2.94. The molecule has 1 aliphatic heterocycles. The van der Waals surface area contributed by atoms with Crippen LogP contribution in [-0.2, 0) is 20.0 Å². The van der Waals surface area contributed by atoms with Gasteiger partial charge in [0.25, 0.3) is 0 Å². The van der Waals surface area contributed by atoms with Gasteiger partial charge in [-0.05, 0) is 31.4 Å².